The second-order valence-corrected chi connectivity index (χ2v) is 7.28. The minimum Gasteiger partial charge on any atom is -0.342 e. The van der Waals surface area contributed by atoms with Crippen LogP contribution in [0.3, 0.4) is 0 Å². The van der Waals surface area contributed by atoms with Gasteiger partial charge in [0.1, 0.15) is 0 Å². The Bertz CT molecular complexity index is 321. The molecule has 1 atom stereocenters. The van der Waals surface area contributed by atoms with Gasteiger partial charge in [-0.05, 0) is 38.0 Å². The van der Waals surface area contributed by atoms with Gasteiger partial charge in [-0.2, -0.15) is 0 Å². The van der Waals surface area contributed by atoms with Crippen LogP contribution >= 0.6 is 0 Å². The highest BCUT2D eigenvalue weighted by molar-refractivity contribution is 5.83. The van der Waals surface area contributed by atoms with Gasteiger partial charge in [-0.3, -0.25) is 4.79 Å². The molecule has 1 aliphatic heterocycles. The molecule has 2 aliphatic rings. The lowest BCUT2D eigenvalue weighted by Gasteiger charge is -2.35. The topological polar surface area (TPSA) is 46.3 Å². The number of hydrogen-bond acceptors (Lipinski definition) is 2. The summed E-state index contributed by atoms with van der Waals surface area (Å²) in [6.07, 6.45) is 13.2. The van der Waals surface area contributed by atoms with Crippen LogP contribution in [0.4, 0.5) is 0 Å². The summed E-state index contributed by atoms with van der Waals surface area (Å²) >= 11 is 0. The Kier molecular flexibility index (Phi) is 6.53. The molecule has 0 aromatic heterocycles. The quantitative estimate of drug-likeness (QED) is 0.803. The van der Waals surface area contributed by atoms with E-state index in [4.69, 9.17) is 5.73 Å². The second-order valence-electron chi connectivity index (χ2n) is 7.28. The molecule has 0 aromatic rings. The average molecular weight is 294 g/mol. The third-order valence-electron chi connectivity index (χ3n) is 5.74. The summed E-state index contributed by atoms with van der Waals surface area (Å²) in [5, 5.41) is 0. The first-order chi connectivity index (χ1) is 10.2. The van der Waals surface area contributed by atoms with E-state index in [0.717, 1.165) is 31.8 Å². The molecule has 1 aliphatic carbocycles. The summed E-state index contributed by atoms with van der Waals surface area (Å²) in [6.45, 7) is 4.73. The highest BCUT2D eigenvalue weighted by Crippen LogP contribution is 2.37. The smallest absolute Gasteiger partial charge is 0.230 e. The van der Waals surface area contributed by atoms with Crippen molar-refractivity contribution in [1.82, 2.24) is 4.90 Å². The molecule has 0 aromatic carbocycles. The standard InChI is InChI=1S/C18H34N2O/c1-2-8-16-9-7-13-20(14-10-16)17(21)18(15-19)11-5-3-4-6-12-18/h16H,2-15,19H2,1H3. The van der Waals surface area contributed by atoms with Gasteiger partial charge in [0.15, 0.2) is 0 Å². The summed E-state index contributed by atoms with van der Waals surface area (Å²) in [7, 11) is 0. The van der Waals surface area contributed by atoms with Crippen LogP contribution < -0.4 is 5.73 Å². The van der Waals surface area contributed by atoms with Gasteiger partial charge in [-0.1, -0.05) is 45.4 Å². The zero-order valence-corrected chi connectivity index (χ0v) is 13.9. The zero-order chi connectivity index (χ0) is 15.1. The second kappa shape index (κ2) is 8.17. The number of hydrogen-bond donors (Lipinski definition) is 1. The van der Waals surface area contributed by atoms with Crippen molar-refractivity contribution in [3.8, 4) is 0 Å². The molecule has 122 valence electrons. The molecule has 2 fully saturated rings. The first kappa shape index (κ1) is 16.8. The fourth-order valence-electron chi connectivity index (χ4n) is 4.31. The van der Waals surface area contributed by atoms with Gasteiger partial charge in [-0.25, -0.2) is 0 Å². The average Bonchev–Trinajstić information content (AvgIpc) is 2.88. The first-order valence-electron chi connectivity index (χ1n) is 9.21. The summed E-state index contributed by atoms with van der Waals surface area (Å²) in [6, 6.07) is 0. The van der Waals surface area contributed by atoms with E-state index in [-0.39, 0.29) is 5.41 Å². The fraction of sp³-hybridized carbons (Fsp3) is 0.944. The maximum Gasteiger partial charge on any atom is 0.230 e. The van der Waals surface area contributed by atoms with E-state index in [9.17, 15) is 4.79 Å². The van der Waals surface area contributed by atoms with Crippen molar-refractivity contribution in [2.24, 2.45) is 17.1 Å². The van der Waals surface area contributed by atoms with Crippen molar-refractivity contribution in [1.29, 1.82) is 0 Å². The lowest BCUT2D eigenvalue weighted by Crippen LogP contribution is -2.48. The molecule has 1 amide bonds. The molecule has 1 heterocycles. The minimum atomic E-state index is -0.235. The van der Waals surface area contributed by atoms with Crippen molar-refractivity contribution >= 4 is 5.91 Å². The SMILES string of the molecule is CCCC1CCCN(C(=O)C2(CN)CCCCCC2)CC1. The molecule has 0 radical (unpaired) electrons. The first-order valence-corrected chi connectivity index (χ1v) is 9.21. The zero-order valence-electron chi connectivity index (χ0n) is 13.9. The number of carbonyl (C=O) groups is 1. The van der Waals surface area contributed by atoms with Gasteiger partial charge in [-0.15, -0.1) is 0 Å². The number of nitrogens with zero attached hydrogens (tertiary/aromatic N) is 1. The molecule has 0 bridgehead atoms. The summed E-state index contributed by atoms with van der Waals surface area (Å²) in [5.41, 5.74) is 5.85. The van der Waals surface area contributed by atoms with E-state index < -0.39 is 0 Å². The number of nitrogens with two attached hydrogens (primary N) is 1. The van der Waals surface area contributed by atoms with Crippen molar-refractivity contribution < 1.29 is 4.79 Å². The molecular weight excluding hydrogens is 260 g/mol. The lowest BCUT2D eigenvalue weighted by molar-refractivity contribution is -0.142. The summed E-state index contributed by atoms with van der Waals surface area (Å²) in [4.78, 5) is 15.3. The van der Waals surface area contributed by atoms with Crippen molar-refractivity contribution in [3.05, 3.63) is 0 Å². The van der Waals surface area contributed by atoms with E-state index in [1.165, 1.54) is 57.8 Å². The van der Waals surface area contributed by atoms with E-state index in [0.29, 0.717) is 12.5 Å². The Morgan fingerprint density at radius 1 is 1.10 bits per heavy atom. The summed E-state index contributed by atoms with van der Waals surface area (Å²) < 4.78 is 0. The third kappa shape index (κ3) is 4.21. The van der Waals surface area contributed by atoms with Gasteiger partial charge in [0, 0.05) is 19.6 Å². The molecule has 2 rings (SSSR count). The predicted molar refractivity (Wildman–Crippen MR) is 88.0 cm³/mol. The maximum absolute atomic E-state index is 13.1. The maximum atomic E-state index is 13.1. The Hall–Kier alpha value is -0.570. The van der Waals surface area contributed by atoms with Gasteiger partial charge >= 0.3 is 0 Å². The monoisotopic (exact) mass is 294 g/mol. The largest absolute Gasteiger partial charge is 0.342 e. The van der Waals surface area contributed by atoms with Crippen LogP contribution in [0.15, 0.2) is 0 Å². The van der Waals surface area contributed by atoms with Crippen LogP contribution in [-0.2, 0) is 4.79 Å². The molecule has 1 unspecified atom stereocenters. The Labute approximate surface area is 130 Å². The molecular formula is C18H34N2O. The molecule has 3 heteroatoms. The van der Waals surface area contributed by atoms with Crippen LogP contribution in [0.25, 0.3) is 0 Å². The molecule has 0 spiro atoms. The number of rotatable bonds is 4. The number of carbonyl (C=O) groups excluding carboxylic acids is 1. The van der Waals surface area contributed by atoms with Crippen molar-refractivity contribution in [2.45, 2.75) is 77.6 Å². The third-order valence-corrected chi connectivity index (χ3v) is 5.74. The van der Waals surface area contributed by atoms with Crippen LogP contribution in [0.5, 0.6) is 0 Å². The molecule has 2 N–H and O–H groups in total. The van der Waals surface area contributed by atoms with E-state index in [1.54, 1.807) is 0 Å². The van der Waals surface area contributed by atoms with E-state index in [1.807, 2.05) is 0 Å². The molecule has 21 heavy (non-hydrogen) atoms. The Morgan fingerprint density at radius 2 is 1.81 bits per heavy atom. The highest BCUT2D eigenvalue weighted by Gasteiger charge is 2.40. The molecule has 3 nitrogen and oxygen atoms in total. The van der Waals surface area contributed by atoms with Gasteiger partial charge in [0.2, 0.25) is 5.91 Å². The number of likely N-dealkylation sites (tertiary alicyclic amines) is 1. The van der Waals surface area contributed by atoms with Crippen molar-refractivity contribution in [3.63, 3.8) is 0 Å². The van der Waals surface area contributed by atoms with Gasteiger partial charge in [0.25, 0.3) is 0 Å². The lowest BCUT2D eigenvalue weighted by atomic mass is 9.79. The van der Waals surface area contributed by atoms with Crippen LogP contribution in [0.2, 0.25) is 0 Å². The van der Waals surface area contributed by atoms with E-state index in [2.05, 4.69) is 11.8 Å². The fourth-order valence-corrected chi connectivity index (χ4v) is 4.31. The Morgan fingerprint density at radius 3 is 2.43 bits per heavy atom. The van der Waals surface area contributed by atoms with Crippen molar-refractivity contribution in [2.75, 3.05) is 19.6 Å². The molecule has 1 saturated heterocycles. The number of amides is 1. The minimum absolute atomic E-state index is 0.235. The van der Waals surface area contributed by atoms with Gasteiger partial charge < -0.3 is 10.6 Å². The summed E-state index contributed by atoms with van der Waals surface area (Å²) in [5.74, 6) is 1.21. The van der Waals surface area contributed by atoms with Crippen LogP contribution in [0, 0.1) is 11.3 Å². The van der Waals surface area contributed by atoms with E-state index >= 15 is 0 Å². The predicted octanol–water partition coefficient (Wildman–Crippen LogP) is 3.71. The highest BCUT2D eigenvalue weighted by atomic mass is 16.2. The molecule has 1 saturated carbocycles. The van der Waals surface area contributed by atoms with Crippen LogP contribution in [0.1, 0.15) is 77.6 Å². The van der Waals surface area contributed by atoms with Crippen LogP contribution in [-0.4, -0.2) is 30.4 Å². The normalized spacial score (nSPS) is 27.0. The van der Waals surface area contributed by atoms with Gasteiger partial charge in [0.05, 0.1) is 5.41 Å². The Balaban J connectivity index is 2.00.